The minimum Gasteiger partial charge on any atom is -0.389 e. The molecular formula is C16H23FN2O2. The van der Waals surface area contributed by atoms with Gasteiger partial charge in [-0.05, 0) is 44.5 Å². The Morgan fingerprint density at radius 1 is 1.19 bits per heavy atom. The van der Waals surface area contributed by atoms with Crippen LogP contribution in [0.2, 0.25) is 0 Å². The molecule has 1 fully saturated rings. The molecule has 21 heavy (non-hydrogen) atoms. The maximum atomic E-state index is 12.9. The van der Waals surface area contributed by atoms with E-state index in [1.807, 2.05) is 0 Å². The summed E-state index contributed by atoms with van der Waals surface area (Å²) in [6, 6.07) is 5.67. The van der Waals surface area contributed by atoms with Gasteiger partial charge >= 0.3 is 0 Å². The molecule has 0 aromatic heterocycles. The number of aliphatic hydroxyl groups is 1. The van der Waals surface area contributed by atoms with Crippen molar-refractivity contribution in [3.8, 4) is 0 Å². The number of hydrogen-bond donors (Lipinski definition) is 1. The third kappa shape index (κ3) is 4.79. The highest BCUT2D eigenvalue weighted by atomic mass is 19.1. The smallest absolute Gasteiger partial charge is 0.253 e. The maximum absolute atomic E-state index is 12.9. The highest BCUT2D eigenvalue weighted by Crippen LogP contribution is 2.12. The van der Waals surface area contributed by atoms with Crippen molar-refractivity contribution in [2.75, 3.05) is 32.7 Å². The Kier molecular flexibility index (Phi) is 4.96. The van der Waals surface area contributed by atoms with Gasteiger partial charge in [-0.25, -0.2) is 4.39 Å². The van der Waals surface area contributed by atoms with E-state index in [4.69, 9.17) is 0 Å². The van der Waals surface area contributed by atoms with Crippen molar-refractivity contribution in [3.05, 3.63) is 35.6 Å². The predicted octanol–water partition coefficient (Wildman–Crippen LogP) is 1.74. The number of halogens is 1. The lowest BCUT2D eigenvalue weighted by Crippen LogP contribution is -2.41. The van der Waals surface area contributed by atoms with Crippen molar-refractivity contribution >= 4 is 5.91 Å². The van der Waals surface area contributed by atoms with E-state index < -0.39 is 5.60 Å². The minimum absolute atomic E-state index is 0.0555. The Morgan fingerprint density at radius 2 is 1.86 bits per heavy atom. The number of amides is 1. The van der Waals surface area contributed by atoms with Gasteiger partial charge < -0.3 is 10.0 Å². The molecule has 1 aromatic carbocycles. The molecule has 1 N–H and O–H groups in total. The molecule has 0 radical (unpaired) electrons. The number of hydrogen-bond acceptors (Lipinski definition) is 3. The van der Waals surface area contributed by atoms with Crippen molar-refractivity contribution in [3.63, 3.8) is 0 Å². The fourth-order valence-corrected chi connectivity index (χ4v) is 2.65. The van der Waals surface area contributed by atoms with E-state index in [0.717, 1.165) is 19.5 Å². The monoisotopic (exact) mass is 294 g/mol. The zero-order valence-electron chi connectivity index (χ0n) is 12.7. The van der Waals surface area contributed by atoms with Crippen LogP contribution in [0.25, 0.3) is 0 Å². The van der Waals surface area contributed by atoms with Crippen LogP contribution in [0.5, 0.6) is 0 Å². The highest BCUT2D eigenvalue weighted by Gasteiger charge is 2.23. The summed E-state index contributed by atoms with van der Waals surface area (Å²) in [4.78, 5) is 16.4. The summed E-state index contributed by atoms with van der Waals surface area (Å²) in [7, 11) is 0. The first-order valence-electron chi connectivity index (χ1n) is 7.35. The van der Waals surface area contributed by atoms with E-state index in [0.29, 0.717) is 25.2 Å². The lowest BCUT2D eigenvalue weighted by molar-refractivity contribution is 0.0374. The van der Waals surface area contributed by atoms with Gasteiger partial charge in [-0.15, -0.1) is 0 Å². The van der Waals surface area contributed by atoms with Crippen molar-refractivity contribution in [1.29, 1.82) is 0 Å². The number of nitrogens with zero attached hydrogens (tertiary/aromatic N) is 2. The zero-order chi connectivity index (χ0) is 15.5. The van der Waals surface area contributed by atoms with Crippen LogP contribution < -0.4 is 0 Å². The third-order valence-electron chi connectivity index (χ3n) is 3.58. The van der Waals surface area contributed by atoms with Crippen molar-refractivity contribution < 1.29 is 14.3 Å². The molecule has 0 atom stereocenters. The number of β-amino-alcohol motifs (C(OH)–C–C–N with tert-alkyl or cyclic N) is 1. The second-order valence-electron chi connectivity index (χ2n) is 6.24. The second kappa shape index (κ2) is 6.54. The van der Waals surface area contributed by atoms with Crippen molar-refractivity contribution in [2.45, 2.75) is 25.9 Å². The number of carbonyl (C=O) groups is 1. The van der Waals surface area contributed by atoms with E-state index in [2.05, 4.69) is 4.90 Å². The second-order valence-corrected chi connectivity index (χ2v) is 6.24. The molecule has 2 rings (SSSR count). The summed E-state index contributed by atoms with van der Waals surface area (Å²) in [5.41, 5.74) is -0.205. The van der Waals surface area contributed by atoms with Gasteiger partial charge in [0.2, 0.25) is 0 Å². The van der Waals surface area contributed by atoms with Crippen LogP contribution in [-0.4, -0.2) is 59.1 Å². The first-order valence-corrected chi connectivity index (χ1v) is 7.35. The third-order valence-corrected chi connectivity index (χ3v) is 3.58. The van der Waals surface area contributed by atoms with Crippen LogP contribution >= 0.6 is 0 Å². The molecule has 0 saturated carbocycles. The molecule has 0 bridgehead atoms. The Morgan fingerprint density at radius 3 is 2.48 bits per heavy atom. The zero-order valence-corrected chi connectivity index (χ0v) is 12.7. The molecule has 0 aliphatic carbocycles. The van der Waals surface area contributed by atoms with Gasteiger partial charge in [0.1, 0.15) is 5.82 Å². The summed E-state index contributed by atoms with van der Waals surface area (Å²) in [6.07, 6.45) is 0.878. The molecule has 1 aliphatic rings. The van der Waals surface area contributed by atoms with Gasteiger partial charge in [0, 0.05) is 38.3 Å². The Hall–Kier alpha value is -1.46. The minimum atomic E-state index is -0.726. The summed E-state index contributed by atoms with van der Waals surface area (Å²) >= 11 is 0. The molecule has 1 saturated heterocycles. The summed E-state index contributed by atoms with van der Waals surface area (Å²) in [5, 5.41) is 9.88. The van der Waals surface area contributed by atoms with E-state index in [1.165, 1.54) is 24.3 Å². The average molecular weight is 294 g/mol. The van der Waals surface area contributed by atoms with E-state index in [-0.39, 0.29) is 11.7 Å². The first-order chi connectivity index (χ1) is 9.85. The van der Waals surface area contributed by atoms with Gasteiger partial charge in [-0.3, -0.25) is 9.69 Å². The lowest BCUT2D eigenvalue weighted by Gasteiger charge is -2.27. The largest absolute Gasteiger partial charge is 0.389 e. The first kappa shape index (κ1) is 15.9. The maximum Gasteiger partial charge on any atom is 0.253 e. The van der Waals surface area contributed by atoms with E-state index in [9.17, 15) is 14.3 Å². The van der Waals surface area contributed by atoms with Crippen LogP contribution in [0.1, 0.15) is 30.6 Å². The number of carbonyl (C=O) groups excluding carboxylic acids is 1. The average Bonchev–Trinajstić information content (AvgIpc) is 2.62. The standard InChI is InChI=1S/C16H23FN2O2/c1-16(2,21)12-18-8-3-9-19(11-10-18)15(20)13-4-6-14(17)7-5-13/h4-7,21H,3,8-12H2,1-2H3. The van der Waals surface area contributed by atoms with Crippen LogP contribution in [0.4, 0.5) is 4.39 Å². The summed E-state index contributed by atoms with van der Waals surface area (Å²) < 4.78 is 12.9. The van der Waals surface area contributed by atoms with Crippen LogP contribution in [0.3, 0.4) is 0 Å². The molecule has 1 heterocycles. The van der Waals surface area contributed by atoms with Crippen LogP contribution in [0.15, 0.2) is 24.3 Å². The summed E-state index contributed by atoms with van der Waals surface area (Å²) in [5.74, 6) is -0.390. The molecule has 0 spiro atoms. The Balaban J connectivity index is 1.96. The van der Waals surface area contributed by atoms with Crippen molar-refractivity contribution in [2.24, 2.45) is 0 Å². The quantitative estimate of drug-likeness (QED) is 0.923. The highest BCUT2D eigenvalue weighted by molar-refractivity contribution is 5.94. The van der Waals surface area contributed by atoms with Gasteiger partial charge in [-0.2, -0.15) is 0 Å². The molecule has 1 aromatic rings. The fraction of sp³-hybridized carbons (Fsp3) is 0.562. The lowest BCUT2D eigenvalue weighted by atomic mass is 10.1. The molecule has 0 unspecified atom stereocenters. The van der Waals surface area contributed by atoms with E-state index >= 15 is 0 Å². The molecule has 5 heteroatoms. The fourth-order valence-electron chi connectivity index (χ4n) is 2.65. The molecule has 1 amide bonds. The predicted molar refractivity (Wildman–Crippen MR) is 79.7 cm³/mol. The SMILES string of the molecule is CC(C)(O)CN1CCCN(C(=O)c2ccc(F)cc2)CC1. The number of rotatable bonds is 3. The van der Waals surface area contributed by atoms with Gasteiger partial charge in [-0.1, -0.05) is 0 Å². The van der Waals surface area contributed by atoms with E-state index in [1.54, 1.807) is 18.7 Å². The van der Waals surface area contributed by atoms with Gasteiger partial charge in [0.05, 0.1) is 5.60 Å². The molecular weight excluding hydrogens is 271 g/mol. The van der Waals surface area contributed by atoms with Gasteiger partial charge in [0.25, 0.3) is 5.91 Å². The Bertz CT molecular complexity index is 482. The van der Waals surface area contributed by atoms with Crippen LogP contribution in [0, 0.1) is 5.82 Å². The van der Waals surface area contributed by atoms with Crippen molar-refractivity contribution in [1.82, 2.24) is 9.80 Å². The Labute approximate surface area is 125 Å². The number of benzene rings is 1. The molecule has 1 aliphatic heterocycles. The summed E-state index contributed by atoms with van der Waals surface area (Å²) in [6.45, 7) is 7.13. The van der Waals surface area contributed by atoms with Crippen LogP contribution in [-0.2, 0) is 0 Å². The van der Waals surface area contributed by atoms with Gasteiger partial charge in [0.15, 0.2) is 0 Å². The molecule has 116 valence electrons. The normalized spacial score (nSPS) is 17.6. The topological polar surface area (TPSA) is 43.8 Å². The molecule has 4 nitrogen and oxygen atoms in total.